The summed E-state index contributed by atoms with van der Waals surface area (Å²) in [5.41, 5.74) is 0.346. The van der Waals surface area contributed by atoms with E-state index in [1.54, 1.807) is 0 Å². The van der Waals surface area contributed by atoms with Gasteiger partial charge < -0.3 is 5.11 Å². The van der Waals surface area contributed by atoms with E-state index in [9.17, 15) is 17.6 Å². The molecule has 20 heavy (non-hydrogen) atoms. The minimum Gasteiger partial charge on any atom is -0.481 e. The minimum absolute atomic E-state index is 0.207. The fraction of sp³-hybridized carbons (Fsp3) is 0.462. The second kappa shape index (κ2) is 6.81. The Morgan fingerprint density at radius 3 is 2.60 bits per heavy atom. The summed E-state index contributed by atoms with van der Waals surface area (Å²) < 4.78 is 39.5. The predicted octanol–water partition coefficient (Wildman–Crippen LogP) is 1.91. The van der Waals surface area contributed by atoms with Gasteiger partial charge in [0, 0.05) is 6.54 Å². The predicted molar refractivity (Wildman–Crippen MR) is 72.4 cm³/mol. The summed E-state index contributed by atoms with van der Waals surface area (Å²) >= 11 is 0. The van der Waals surface area contributed by atoms with Crippen molar-refractivity contribution in [3.63, 3.8) is 0 Å². The Bertz CT molecular complexity index is 586. The van der Waals surface area contributed by atoms with Crippen molar-refractivity contribution in [3.8, 4) is 0 Å². The van der Waals surface area contributed by atoms with Crippen molar-refractivity contribution < 1.29 is 22.7 Å². The third-order valence-corrected chi connectivity index (χ3v) is 4.38. The molecule has 1 aromatic carbocycles. The van der Waals surface area contributed by atoms with E-state index in [1.165, 1.54) is 19.1 Å². The zero-order valence-corrected chi connectivity index (χ0v) is 12.2. The standard InChI is InChI=1S/C13H18FNO4S/c1-3-4-10(13(16)17)8-15-20(18,19)11-6-5-9(2)12(14)7-11/h5-7,10,15H,3-4,8H2,1-2H3,(H,16,17). The van der Waals surface area contributed by atoms with E-state index >= 15 is 0 Å². The van der Waals surface area contributed by atoms with E-state index in [1.807, 2.05) is 6.92 Å². The van der Waals surface area contributed by atoms with Crippen LogP contribution in [0.4, 0.5) is 4.39 Å². The van der Waals surface area contributed by atoms with Crippen LogP contribution in [0.2, 0.25) is 0 Å². The third kappa shape index (κ3) is 4.28. The molecule has 7 heteroatoms. The van der Waals surface area contributed by atoms with Crippen LogP contribution in [0.5, 0.6) is 0 Å². The number of carboxylic acids is 1. The fourth-order valence-corrected chi connectivity index (χ4v) is 2.79. The maximum Gasteiger partial charge on any atom is 0.307 e. The molecule has 1 rings (SSSR count). The molecular formula is C13H18FNO4S. The molecule has 0 radical (unpaired) electrons. The molecule has 0 aliphatic heterocycles. The zero-order valence-electron chi connectivity index (χ0n) is 11.4. The Labute approximate surface area is 117 Å². The molecule has 0 amide bonds. The van der Waals surface area contributed by atoms with Gasteiger partial charge in [-0.25, -0.2) is 17.5 Å². The van der Waals surface area contributed by atoms with Crippen molar-refractivity contribution in [2.45, 2.75) is 31.6 Å². The SMILES string of the molecule is CCCC(CNS(=O)(=O)c1ccc(C)c(F)c1)C(=O)O. The highest BCUT2D eigenvalue weighted by Crippen LogP contribution is 2.15. The van der Waals surface area contributed by atoms with Crippen LogP contribution in [0.3, 0.4) is 0 Å². The fourth-order valence-electron chi connectivity index (χ4n) is 1.70. The Morgan fingerprint density at radius 2 is 2.10 bits per heavy atom. The van der Waals surface area contributed by atoms with Crippen molar-refractivity contribution in [1.29, 1.82) is 0 Å². The average Bonchev–Trinajstić information content (AvgIpc) is 2.37. The number of halogens is 1. The highest BCUT2D eigenvalue weighted by atomic mass is 32.2. The largest absolute Gasteiger partial charge is 0.481 e. The molecule has 0 saturated carbocycles. The molecule has 0 heterocycles. The van der Waals surface area contributed by atoms with Crippen LogP contribution in [0.25, 0.3) is 0 Å². The first kappa shape index (κ1) is 16.6. The van der Waals surface area contributed by atoms with Crippen LogP contribution >= 0.6 is 0 Å². The molecule has 0 saturated heterocycles. The Hall–Kier alpha value is -1.47. The summed E-state index contributed by atoms with van der Waals surface area (Å²) in [6.07, 6.45) is 1.01. The molecule has 0 aromatic heterocycles. The maximum atomic E-state index is 13.4. The lowest BCUT2D eigenvalue weighted by atomic mass is 10.1. The summed E-state index contributed by atoms with van der Waals surface area (Å²) in [4.78, 5) is 10.7. The first-order valence-corrected chi connectivity index (χ1v) is 7.75. The number of carboxylic acid groups (broad SMARTS) is 1. The average molecular weight is 303 g/mol. The van der Waals surface area contributed by atoms with Crippen LogP contribution in [-0.2, 0) is 14.8 Å². The number of hydrogen-bond donors (Lipinski definition) is 2. The highest BCUT2D eigenvalue weighted by Gasteiger charge is 2.21. The van der Waals surface area contributed by atoms with Gasteiger partial charge in [-0.05, 0) is 31.0 Å². The van der Waals surface area contributed by atoms with Gasteiger partial charge in [-0.2, -0.15) is 0 Å². The Kier molecular flexibility index (Phi) is 5.64. The maximum absolute atomic E-state index is 13.4. The van der Waals surface area contributed by atoms with Crippen molar-refractivity contribution in [2.24, 2.45) is 5.92 Å². The molecule has 112 valence electrons. The molecule has 5 nitrogen and oxygen atoms in total. The zero-order chi connectivity index (χ0) is 15.3. The molecule has 0 aliphatic carbocycles. The van der Waals surface area contributed by atoms with E-state index in [2.05, 4.69) is 4.72 Å². The van der Waals surface area contributed by atoms with Gasteiger partial charge in [0.1, 0.15) is 5.82 Å². The number of sulfonamides is 1. The van der Waals surface area contributed by atoms with Crippen molar-refractivity contribution in [3.05, 3.63) is 29.6 Å². The van der Waals surface area contributed by atoms with Crippen LogP contribution in [0, 0.1) is 18.7 Å². The number of aryl methyl sites for hydroxylation is 1. The first-order valence-electron chi connectivity index (χ1n) is 6.26. The topological polar surface area (TPSA) is 83.5 Å². The van der Waals surface area contributed by atoms with E-state index in [-0.39, 0.29) is 11.4 Å². The van der Waals surface area contributed by atoms with Gasteiger partial charge in [-0.15, -0.1) is 0 Å². The minimum atomic E-state index is -3.90. The van der Waals surface area contributed by atoms with Crippen LogP contribution in [0.15, 0.2) is 23.1 Å². The van der Waals surface area contributed by atoms with Crippen LogP contribution < -0.4 is 4.72 Å². The molecular weight excluding hydrogens is 285 g/mol. The van der Waals surface area contributed by atoms with Crippen LogP contribution in [-0.4, -0.2) is 26.0 Å². The Morgan fingerprint density at radius 1 is 1.45 bits per heavy atom. The van der Waals surface area contributed by atoms with E-state index in [0.29, 0.717) is 18.4 Å². The number of benzene rings is 1. The molecule has 2 N–H and O–H groups in total. The second-order valence-electron chi connectivity index (χ2n) is 4.59. The lowest BCUT2D eigenvalue weighted by Crippen LogP contribution is -2.33. The Balaban J connectivity index is 2.84. The number of hydrogen-bond acceptors (Lipinski definition) is 3. The summed E-state index contributed by atoms with van der Waals surface area (Å²) in [6, 6.07) is 3.58. The summed E-state index contributed by atoms with van der Waals surface area (Å²) in [5.74, 6) is -2.45. The molecule has 1 atom stereocenters. The van der Waals surface area contributed by atoms with Gasteiger partial charge in [-0.3, -0.25) is 4.79 Å². The molecule has 0 aliphatic rings. The molecule has 0 spiro atoms. The first-order chi connectivity index (χ1) is 9.27. The van der Waals surface area contributed by atoms with Gasteiger partial charge >= 0.3 is 5.97 Å². The van der Waals surface area contributed by atoms with Gasteiger partial charge in [0.25, 0.3) is 0 Å². The van der Waals surface area contributed by atoms with Gasteiger partial charge in [0.2, 0.25) is 10.0 Å². The number of nitrogens with one attached hydrogen (secondary N) is 1. The van der Waals surface area contributed by atoms with Crippen molar-refractivity contribution >= 4 is 16.0 Å². The van der Waals surface area contributed by atoms with Crippen molar-refractivity contribution in [1.82, 2.24) is 4.72 Å². The molecule has 1 unspecified atom stereocenters. The van der Waals surface area contributed by atoms with Gasteiger partial charge in [0.15, 0.2) is 0 Å². The monoisotopic (exact) mass is 303 g/mol. The molecule has 1 aromatic rings. The number of rotatable bonds is 7. The normalized spacial score (nSPS) is 13.2. The lowest BCUT2D eigenvalue weighted by Gasteiger charge is -2.13. The second-order valence-corrected chi connectivity index (χ2v) is 6.35. The van der Waals surface area contributed by atoms with Crippen LogP contribution in [0.1, 0.15) is 25.3 Å². The summed E-state index contributed by atoms with van der Waals surface area (Å²) in [7, 11) is -3.90. The highest BCUT2D eigenvalue weighted by molar-refractivity contribution is 7.89. The number of carbonyl (C=O) groups is 1. The number of aliphatic carboxylic acids is 1. The third-order valence-electron chi connectivity index (χ3n) is 2.96. The van der Waals surface area contributed by atoms with E-state index < -0.39 is 27.7 Å². The van der Waals surface area contributed by atoms with Gasteiger partial charge in [0.05, 0.1) is 10.8 Å². The summed E-state index contributed by atoms with van der Waals surface area (Å²) in [6.45, 7) is 3.14. The molecule has 0 fully saturated rings. The van der Waals surface area contributed by atoms with E-state index in [4.69, 9.17) is 5.11 Å². The molecule has 0 bridgehead atoms. The van der Waals surface area contributed by atoms with Gasteiger partial charge in [-0.1, -0.05) is 19.4 Å². The van der Waals surface area contributed by atoms with E-state index in [0.717, 1.165) is 6.07 Å². The smallest absolute Gasteiger partial charge is 0.307 e. The van der Waals surface area contributed by atoms with Crippen molar-refractivity contribution in [2.75, 3.05) is 6.54 Å². The summed E-state index contributed by atoms with van der Waals surface area (Å²) in [5, 5.41) is 8.96. The quantitative estimate of drug-likeness (QED) is 0.806. The lowest BCUT2D eigenvalue weighted by molar-refractivity contribution is -0.141.